The topological polar surface area (TPSA) is 45.2 Å². The fourth-order valence-electron chi connectivity index (χ4n) is 1.63. The Labute approximate surface area is 105 Å². The van der Waals surface area contributed by atoms with Gasteiger partial charge in [-0.2, -0.15) is 0 Å². The molecular weight excluding hydrogens is 232 g/mol. The van der Waals surface area contributed by atoms with Crippen LogP contribution in [0.2, 0.25) is 0 Å². The molecule has 1 aromatic heterocycles. The Morgan fingerprint density at radius 1 is 1.41 bits per heavy atom. The standard InChI is InChI=1S/C13H16N2OS/c1-14-7-3-6-12-9-15-13(17-12)10-4-2-5-11(16)8-10/h2,4-5,8-9,14,16H,3,6-7H2,1H3. The van der Waals surface area contributed by atoms with E-state index in [1.165, 1.54) is 4.88 Å². The smallest absolute Gasteiger partial charge is 0.123 e. The van der Waals surface area contributed by atoms with Gasteiger partial charge < -0.3 is 10.4 Å². The number of aromatic hydroxyl groups is 1. The first-order valence-corrected chi connectivity index (χ1v) is 6.50. The van der Waals surface area contributed by atoms with E-state index in [4.69, 9.17) is 0 Å². The normalized spacial score (nSPS) is 10.6. The fraction of sp³-hybridized carbons (Fsp3) is 0.308. The van der Waals surface area contributed by atoms with Gasteiger partial charge in [-0.05, 0) is 38.6 Å². The van der Waals surface area contributed by atoms with Crippen LogP contribution >= 0.6 is 11.3 Å². The van der Waals surface area contributed by atoms with Crippen molar-refractivity contribution in [3.05, 3.63) is 35.3 Å². The van der Waals surface area contributed by atoms with E-state index >= 15 is 0 Å². The Morgan fingerprint density at radius 2 is 2.29 bits per heavy atom. The molecule has 2 rings (SSSR count). The lowest BCUT2D eigenvalue weighted by molar-refractivity contribution is 0.475. The summed E-state index contributed by atoms with van der Waals surface area (Å²) in [5, 5.41) is 13.5. The monoisotopic (exact) mass is 248 g/mol. The van der Waals surface area contributed by atoms with Crippen molar-refractivity contribution in [1.82, 2.24) is 10.3 Å². The predicted molar refractivity (Wildman–Crippen MR) is 71.5 cm³/mol. The zero-order valence-electron chi connectivity index (χ0n) is 9.81. The molecule has 0 saturated heterocycles. The zero-order valence-corrected chi connectivity index (χ0v) is 10.6. The number of nitrogens with one attached hydrogen (secondary N) is 1. The van der Waals surface area contributed by atoms with Crippen LogP contribution in [-0.4, -0.2) is 23.7 Å². The Morgan fingerprint density at radius 3 is 3.06 bits per heavy atom. The fourth-order valence-corrected chi connectivity index (χ4v) is 2.59. The molecule has 1 aromatic carbocycles. The van der Waals surface area contributed by atoms with Gasteiger partial charge in [0.2, 0.25) is 0 Å². The second-order valence-electron chi connectivity index (χ2n) is 3.89. The molecule has 0 atom stereocenters. The maximum absolute atomic E-state index is 9.42. The number of aryl methyl sites for hydroxylation is 1. The number of aromatic nitrogens is 1. The van der Waals surface area contributed by atoms with Crippen LogP contribution in [0.4, 0.5) is 0 Å². The minimum atomic E-state index is 0.287. The van der Waals surface area contributed by atoms with E-state index in [-0.39, 0.29) is 5.75 Å². The van der Waals surface area contributed by atoms with Crippen molar-refractivity contribution in [2.75, 3.05) is 13.6 Å². The van der Waals surface area contributed by atoms with E-state index in [1.807, 2.05) is 25.4 Å². The Balaban J connectivity index is 2.07. The lowest BCUT2D eigenvalue weighted by Gasteiger charge is -1.97. The summed E-state index contributed by atoms with van der Waals surface area (Å²) in [4.78, 5) is 5.68. The van der Waals surface area contributed by atoms with Gasteiger partial charge in [-0.1, -0.05) is 12.1 Å². The van der Waals surface area contributed by atoms with E-state index in [0.717, 1.165) is 30.0 Å². The first-order chi connectivity index (χ1) is 8.29. The Hall–Kier alpha value is -1.39. The van der Waals surface area contributed by atoms with Crippen LogP contribution in [0.25, 0.3) is 10.6 Å². The summed E-state index contributed by atoms with van der Waals surface area (Å²) < 4.78 is 0. The zero-order chi connectivity index (χ0) is 12.1. The molecule has 0 aliphatic heterocycles. The molecule has 0 amide bonds. The van der Waals surface area contributed by atoms with Crippen molar-refractivity contribution in [3.63, 3.8) is 0 Å². The summed E-state index contributed by atoms with van der Waals surface area (Å²) in [7, 11) is 1.96. The third-order valence-electron chi connectivity index (χ3n) is 2.50. The highest BCUT2D eigenvalue weighted by atomic mass is 32.1. The summed E-state index contributed by atoms with van der Waals surface area (Å²) in [6.07, 6.45) is 4.11. The third-order valence-corrected chi connectivity index (χ3v) is 3.60. The van der Waals surface area contributed by atoms with Gasteiger partial charge in [0.25, 0.3) is 0 Å². The first-order valence-electron chi connectivity index (χ1n) is 5.68. The first kappa shape index (κ1) is 12.1. The van der Waals surface area contributed by atoms with E-state index in [1.54, 1.807) is 23.5 Å². The van der Waals surface area contributed by atoms with Gasteiger partial charge in [-0.25, -0.2) is 4.98 Å². The van der Waals surface area contributed by atoms with E-state index < -0.39 is 0 Å². The number of phenolic OH excluding ortho intramolecular Hbond substituents is 1. The molecule has 0 fully saturated rings. The van der Waals surface area contributed by atoms with Crippen molar-refractivity contribution in [2.24, 2.45) is 0 Å². The number of hydrogen-bond donors (Lipinski definition) is 2. The maximum atomic E-state index is 9.42. The Kier molecular flexibility index (Phi) is 4.12. The quantitative estimate of drug-likeness (QED) is 0.800. The predicted octanol–water partition coefficient (Wildman–Crippen LogP) is 2.67. The number of phenols is 1. The minimum Gasteiger partial charge on any atom is -0.508 e. The second-order valence-corrected chi connectivity index (χ2v) is 5.00. The minimum absolute atomic E-state index is 0.287. The Bertz CT molecular complexity index is 482. The average molecular weight is 248 g/mol. The highest BCUT2D eigenvalue weighted by molar-refractivity contribution is 7.15. The molecule has 0 spiro atoms. The van der Waals surface area contributed by atoms with Gasteiger partial charge in [0.15, 0.2) is 0 Å². The molecule has 0 bridgehead atoms. The van der Waals surface area contributed by atoms with Crippen LogP contribution in [0.5, 0.6) is 5.75 Å². The largest absolute Gasteiger partial charge is 0.508 e. The van der Waals surface area contributed by atoms with E-state index in [9.17, 15) is 5.11 Å². The molecule has 0 aliphatic carbocycles. The van der Waals surface area contributed by atoms with Crippen LogP contribution in [0.15, 0.2) is 30.5 Å². The molecule has 2 aromatic rings. The second kappa shape index (κ2) is 5.80. The molecule has 1 heterocycles. The van der Waals surface area contributed by atoms with E-state index in [0.29, 0.717) is 0 Å². The van der Waals surface area contributed by atoms with Gasteiger partial charge in [0.1, 0.15) is 10.8 Å². The highest BCUT2D eigenvalue weighted by Crippen LogP contribution is 2.27. The highest BCUT2D eigenvalue weighted by Gasteiger charge is 2.05. The molecule has 2 N–H and O–H groups in total. The van der Waals surface area contributed by atoms with Crippen molar-refractivity contribution in [1.29, 1.82) is 0 Å². The number of nitrogens with zero attached hydrogens (tertiary/aromatic N) is 1. The average Bonchev–Trinajstić information content (AvgIpc) is 2.78. The van der Waals surface area contributed by atoms with Gasteiger partial charge in [0.05, 0.1) is 0 Å². The molecule has 0 unspecified atom stereocenters. The summed E-state index contributed by atoms with van der Waals surface area (Å²) in [5.41, 5.74) is 0.981. The van der Waals surface area contributed by atoms with Gasteiger partial charge in [0, 0.05) is 16.6 Å². The number of benzene rings is 1. The SMILES string of the molecule is CNCCCc1cnc(-c2cccc(O)c2)s1. The molecule has 17 heavy (non-hydrogen) atoms. The van der Waals surface area contributed by atoms with Crippen molar-refractivity contribution in [2.45, 2.75) is 12.8 Å². The van der Waals surface area contributed by atoms with Gasteiger partial charge >= 0.3 is 0 Å². The molecular formula is C13H16N2OS. The lowest BCUT2D eigenvalue weighted by Crippen LogP contribution is -2.07. The molecule has 90 valence electrons. The van der Waals surface area contributed by atoms with Gasteiger partial charge in [-0.15, -0.1) is 11.3 Å². The van der Waals surface area contributed by atoms with Crippen LogP contribution in [0.1, 0.15) is 11.3 Å². The van der Waals surface area contributed by atoms with Crippen molar-refractivity contribution >= 4 is 11.3 Å². The summed E-state index contributed by atoms with van der Waals surface area (Å²) in [5.74, 6) is 0.287. The van der Waals surface area contributed by atoms with Gasteiger partial charge in [-0.3, -0.25) is 0 Å². The molecule has 0 saturated carbocycles. The summed E-state index contributed by atoms with van der Waals surface area (Å²) in [6, 6.07) is 7.23. The van der Waals surface area contributed by atoms with E-state index in [2.05, 4.69) is 10.3 Å². The molecule has 0 aliphatic rings. The number of hydrogen-bond acceptors (Lipinski definition) is 4. The van der Waals surface area contributed by atoms with Crippen molar-refractivity contribution < 1.29 is 5.11 Å². The van der Waals surface area contributed by atoms with Crippen LogP contribution in [0, 0.1) is 0 Å². The molecule has 4 heteroatoms. The van der Waals surface area contributed by atoms with Crippen LogP contribution in [0.3, 0.4) is 0 Å². The third kappa shape index (κ3) is 3.28. The molecule has 0 radical (unpaired) electrons. The maximum Gasteiger partial charge on any atom is 0.123 e. The lowest BCUT2D eigenvalue weighted by atomic mass is 10.2. The van der Waals surface area contributed by atoms with Crippen LogP contribution in [-0.2, 0) is 6.42 Å². The molecule has 3 nitrogen and oxygen atoms in total. The number of rotatable bonds is 5. The summed E-state index contributed by atoms with van der Waals surface area (Å²) in [6.45, 7) is 1.03. The number of thiazole rings is 1. The van der Waals surface area contributed by atoms with Crippen LogP contribution < -0.4 is 5.32 Å². The van der Waals surface area contributed by atoms with Crippen molar-refractivity contribution in [3.8, 4) is 16.3 Å². The summed E-state index contributed by atoms with van der Waals surface area (Å²) >= 11 is 1.70.